The molecular formula is C20H28N2O3. The Bertz CT molecular complexity index is 638. The zero-order valence-corrected chi connectivity index (χ0v) is 15.4. The third-order valence-corrected chi connectivity index (χ3v) is 5.55. The molecule has 1 aliphatic heterocycles. The molecule has 1 fully saturated rings. The van der Waals surface area contributed by atoms with Gasteiger partial charge in [-0.1, -0.05) is 19.1 Å². The van der Waals surface area contributed by atoms with Gasteiger partial charge in [-0.3, -0.25) is 9.59 Å². The summed E-state index contributed by atoms with van der Waals surface area (Å²) in [5, 5.41) is 0. The van der Waals surface area contributed by atoms with Crippen LogP contribution in [0, 0.1) is 5.92 Å². The summed E-state index contributed by atoms with van der Waals surface area (Å²) in [4.78, 5) is 28.7. The summed E-state index contributed by atoms with van der Waals surface area (Å²) >= 11 is 0. The third kappa shape index (κ3) is 3.80. The van der Waals surface area contributed by atoms with Crippen LogP contribution in [0.3, 0.4) is 0 Å². The van der Waals surface area contributed by atoms with Crippen molar-refractivity contribution in [2.45, 2.75) is 58.1 Å². The van der Waals surface area contributed by atoms with Crippen LogP contribution in [0.4, 0.5) is 5.69 Å². The van der Waals surface area contributed by atoms with Crippen molar-refractivity contribution in [3.05, 3.63) is 24.3 Å². The molecule has 0 spiro atoms. The van der Waals surface area contributed by atoms with E-state index in [0.29, 0.717) is 24.8 Å². The highest BCUT2D eigenvalue weighted by atomic mass is 16.5. The maximum atomic E-state index is 12.6. The molecule has 136 valence electrons. The molecule has 1 atom stereocenters. The number of ether oxygens (including phenoxy) is 1. The second kappa shape index (κ2) is 7.46. The summed E-state index contributed by atoms with van der Waals surface area (Å²) < 4.78 is 5.65. The Hall–Kier alpha value is -2.04. The van der Waals surface area contributed by atoms with Gasteiger partial charge in [0.1, 0.15) is 5.75 Å². The van der Waals surface area contributed by atoms with E-state index < -0.39 is 6.10 Å². The van der Waals surface area contributed by atoms with Crippen LogP contribution in [0.25, 0.3) is 0 Å². The molecule has 0 radical (unpaired) electrons. The van der Waals surface area contributed by atoms with Crippen molar-refractivity contribution in [1.82, 2.24) is 4.90 Å². The standard InChI is InChI=1S/C20H28N2O3/c1-14-8-10-16(11-9-14)21(3)19(23)12-13-22-17-6-4-5-7-18(17)25-15(2)20(22)24/h4-7,14-16H,8-13H2,1-3H3/t14?,15-,16?/m0/s1. The molecule has 5 nitrogen and oxygen atoms in total. The number of carbonyl (C=O) groups is 2. The van der Waals surface area contributed by atoms with Gasteiger partial charge in [0.05, 0.1) is 5.69 Å². The second-order valence-electron chi connectivity index (χ2n) is 7.39. The average molecular weight is 344 g/mol. The lowest BCUT2D eigenvalue weighted by Gasteiger charge is -2.35. The van der Waals surface area contributed by atoms with Crippen molar-refractivity contribution < 1.29 is 14.3 Å². The molecule has 2 amide bonds. The number of para-hydroxylation sites is 2. The van der Waals surface area contributed by atoms with E-state index in [1.54, 1.807) is 11.8 Å². The Morgan fingerprint density at radius 2 is 1.88 bits per heavy atom. The minimum Gasteiger partial charge on any atom is -0.479 e. The molecule has 0 aromatic heterocycles. The summed E-state index contributed by atoms with van der Waals surface area (Å²) in [6.07, 6.45) is 4.38. The molecule has 0 N–H and O–H groups in total. The zero-order chi connectivity index (χ0) is 18.0. The molecule has 1 heterocycles. The van der Waals surface area contributed by atoms with Crippen molar-refractivity contribution >= 4 is 17.5 Å². The fourth-order valence-electron chi connectivity index (χ4n) is 3.81. The van der Waals surface area contributed by atoms with E-state index in [2.05, 4.69) is 6.92 Å². The van der Waals surface area contributed by atoms with Gasteiger partial charge in [0.25, 0.3) is 5.91 Å². The van der Waals surface area contributed by atoms with Crippen LogP contribution in [-0.4, -0.2) is 42.5 Å². The second-order valence-corrected chi connectivity index (χ2v) is 7.39. The molecule has 25 heavy (non-hydrogen) atoms. The van der Waals surface area contributed by atoms with Gasteiger partial charge < -0.3 is 14.5 Å². The van der Waals surface area contributed by atoms with Crippen LogP contribution in [0.2, 0.25) is 0 Å². The number of fused-ring (bicyclic) bond motifs is 1. The first-order chi connectivity index (χ1) is 12.0. The van der Waals surface area contributed by atoms with E-state index in [1.807, 2.05) is 36.2 Å². The van der Waals surface area contributed by atoms with Crippen LogP contribution < -0.4 is 9.64 Å². The molecule has 5 heteroatoms. The van der Waals surface area contributed by atoms with Gasteiger partial charge in [0.15, 0.2) is 6.10 Å². The molecule has 0 bridgehead atoms. The zero-order valence-electron chi connectivity index (χ0n) is 15.4. The van der Waals surface area contributed by atoms with Gasteiger partial charge in [0.2, 0.25) is 5.91 Å². The molecule has 0 unspecified atom stereocenters. The van der Waals surface area contributed by atoms with E-state index in [4.69, 9.17) is 4.74 Å². The first-order valence-corrected chi connectivity index (χ1v) is 9.30. The van der Waals surface area contributed by atoms with Crippen molar-refractivity contribution in [3.8, 4) is 5.75 Å². The molecule has 1 saturated carbocycles. The Labute approximate surface area is 149 Å². The van der Waals surface area contributed by atoms with E-state index in [9.17, 15) is 9.59 Å². The average Bonchev–Trinajstić information content (AvgIpc) is 2.62. The fourth-order valence-corrected chi connectivity index (χ4v) is 3.81. The smallest absolute Gasteiger partial charge is 0.267 e. The van der Waals surface area contributed by atoms with Gasteiger partial charge in [-0.25, -0.2) is 0 Å². The number of benzene rings is 1. The number of nitrogens with zero attached hydrogens (tertiary/aromatic N) is 2. The Balaban J connectivity index is 1.62. The molecule has 2 aliphatic rings. The first kappa shape index (κ1) is 17.8. The highest BCUT2D eigenvalue weighted by Gasteiger charge is 2.32. The summed E-state index contributed by atoms with van der Waals surface area (Å²) in [5.41, 5.74) is 0.757. The number of anilines is 1. The van der Waals surface area contributed by atoms with Crippen molar-refractivity contribution in [3.63, 3.8) is 0 Å². The van der Waals surface area contributed by atoms with Gasteiger partial charge in [-0.05, 0) is 50.7 Å². The van der Waals surface area contributed by atoms with Gasteiger partial charge >= 0.3 is 0 Å². The summed E-state index contributed by atoms with van der Waals surface area (Å²) in [7, 11) is 1.90. The number of rotatable bonds is 4. The fraction of sp³-hybridized carbons (Fsp3) is 0.600. The topological polar surface area (TPSA) is 49.9 Å². The summed E-state index contributed by atoms with van der Waals surface area (Å²) in [5.74, 6) is 1.50. The molecule has 1 aromatic carbocycles. The van der Waals surface area contributed by atoms with Crippen molar-refractivity contribution in [1.29, 1.82) is 0 Å². The molecule has 1 aromatic rings. The normalized spacial score (nSPS) is 26.0. The van der Waals surface area contributed by atoms with Crippen LogP contribution >= 0.6 is 0 Å². The summed E-state index contributed by atoms with van der Waals surface area (Å²) in [6, 6.07) is 7.85. The predicted octanol–water partition coefficient (Wildman–Crippen LogP) is 3.23. The molecule has 3 rings (SSSR count). The van der Waals surface area contributed by atoms with Crippen molar-refractivity contribution in [2.75, 3.05) is 18.5 Å². The number of amides is 2. The predicted molar refractivity (Wildman–Crippen MR) is 97.7 cm³/mol. The van der Waals surface area contributed by atoms with Gasteiger partial charge in [-0.15, -0.1) is 0 Å². The quantitative estimate of drug-likeness (QED) is 0.842. The number of carbonyl (C=O) groups excluding carboxylic acids is 2. The summed E-state index contributed by atoms with van der Waals surface area (Å²) in [6.45, 7) is 4.43. The number of hydrogen-bond donors (Lipinski definition) is 0. The first-order valence-electron chi connectivity index (χ1n) is 9.30. The Morgan fingerprint density at radius 1 is 1.20 bits per heavy atom. The highest BCUT2D eigenvalue weighted by Crippen LogP contribution is 2.34. The lowest BCUT2D eigenvalue weighted by Crippen LogP contribution is -2.46. The molecule has 0 saturated heterocycles. The van der Waals surface area contributed by atoms with E-state index in [1.165, 1.54) is 12.8 Å². The maximum absolute atomic E-state index is 12.6. The third-order valence-electron chi connectivity index (χ3n) is 5.55. The number of hydrogen-bond acceptors (Lipinski definition) is 3. The minimum atomic E-state index is -0.512. The van der Waals surface area contributed by atoms with Crippen LogP contribution in [0.5, 0.6) is 5.75 Å². The monoisotopic (exact) mass is 344 g/mol. The van der Waals surface area contributed by atoms with Gasteiger partial charge in [0, 0.05) is 26.1 Å². The van der Waals surface area contributed by atoms with Crippen LogP contribution in [0.1, 0.15) is 46.0 Å². The van der Waals surface area contributed by atoms with Crippen LogP contribution in [-0.2, 0) is 9.59 Å². The lowest BCUT2D eigenvalue weighted by atomic mass is 9.86. The SMILES string of the molecule is CC1CCC(N(C)C(=O)CCN2C(=O)[C@H](C)Oc3ccccc32)CC1. The minimum absolute atomic E-state index is 0.0827. The lowest BCUT2D eigenvalue weighted by molar-refractivity contribution is -0.132. The van der Waals surface area contributed by atoms with E-state index in [0.717, 1.165) is 24.4 Å². The Morgan fingerprint density at radius 3 is 2.60 bits per heavy atom. The largest absolute Gasteiger partial charge is 0.479 e. The van der Waals surface area contributed by atoms with E-state index >= 15 is 0 Å². The molecule has 1 aliphatic carbocycles. The molecular weight excluding hydrogens is 316 g/mol. The van der Waals surface area contributed by atoms with Crippen LogP contribution in [0.15, 0.2) is 24.3 Å². The van der Waals surface area contributed by atoms with E-state index in [-0.39, 0.29) is 11.8 Å². The van der Waals surface area contributed by atoms with Gasteiger partial charge in [-0.2, -0.15) is 0 Å². The van der Waals surface area contributed by atoms with Crippen molar-refractivity contribution in [2.24, 2.45) is 5.92 Å². The highest BCUT2D eigenvalue weighted by molar-refractivity contribution is 6.00. The maximum Gasteiger partial charge on any atom is 0.267 e. The Kier molecular flexibility index (Phi) is 5.30.